The van der Waals surface area contributed by atoms with Crippen molar-refractivity contribution in [1.82, 2.24) is 20.2 Å². The average Bonchev–Trinajstić information content (AvgIpc) is 2.75. The molecule has 1 aliphatic rings. The van der Waals surface area contributed by atoms with Gasteiger partial charge < -0.3 is 10.4 Å². The maximum Gasteiger partial charge on any atom is 0.228 e. The van der Waals surface area contributed by atoms with Crippen molar-refractivity contribution in [1.29, 1.82) is 0 Å². The zero-order valence-electron chi connectivity index (χ0n) is 9.93. The number of aromatic nitrogens is 4. The molecule has 0 amide bonds. The third kappa shape index (κ3) is 2.19. The van der Waals surface area contributed by atoms with E-state index < -0.39 is 0 Å². The first-order valence-electron chi connectivity index (χ1n) is 6.10. The fraction of sp³-hybridized carbons (Fsp3) is 0.417. The Balaban J connectivity index is 1.72. The second-order valence-electron chi connectivity index (χ2n) is 4.49. The molecule has 3 N–H and O–H groups in total. The predicted molar refractivity (Wildman–Crippen MR) is 66.4 cm³/mol. The molecule has 0 radical (unpaired) electrons. The largest absolute Gasteiger partial charge is 0.390 e. The van der Waals surface area contributed by atoms with E-state index in [-0.39, 0.29) is 6.61 Å². The number of hydrogen-bond acceptors (Lipinski definition) is 5. The van der Waals surface area contributed by atoms with E-state index in [9.17, 15) is 0 Å². The lowest BCUT2D eigenvalue weighted by molar-refractivity contribution is 0.277. The molecule has 6 nitrogen and oxygen atoms in total. The third-order valence-electron chi connectivity index (χ3n) is 3.26. The molecule has 2 heterocycles. The highest BCUT2D eigenvalue weighted by molar-refractivity contribution is 5.48. The predicted octanol–water partition coefficient (Wildman–Crippen LogP) is 1.70. The summed E-state index contributed by atoms with van der Waals surface area (Å²) in [6, 6.07) is 3.67. The van der Waals surface area contributed by atoms with Gasteiger partial charge >= 0.3 is 0 Å². The third-order valence-corrected chi connectivity index (χ3v) is 3.26. The Morgan fingerprint density at radius 1 is 1.44 bits per heavy atom. The van der Waals surface area contributed by atoms with Crippen LogP contribution in [-0.2, 0) is 6.61 Å². The fourth-order valence-corrected chi connectivity index (χ4v) is 1.99. The van der Waals surface area contributed by atoms with Crippen LogP contribution in [0.2, 0.25) is 0 Å². The summed E-state index contributed by atoms with van der Waals surface area (Å²) in [5.41, 5.74) is 1.75. The van der Waals surface area contributed by atoms with E-state index in [4.69, 9.17) is 5.11 Å². The van der Waals surface area contributed by atoms with Crippen LogP contribution < -0.4 is 5.32 Å². The molecule has 6 heteroatoms. The number of aliphatic hydroxyl groups is 1. The molecule has 1 saturated carbocycles. The van der Waals surface area contributed by atoms with Gasteiger partial charge in [0.15, 0.2) is 5.82 Å². The number of aromatic amines is 1. The Kier molecular flexibility index (Phi) is 2.93. The molecule has 0 aromatic carbocycles. The molecule has 0 bridgehead atoms. The molecule has 94 valence electrons. The lowest BCUT2D eigenvalue weighted by Gasteiger charge is -2.23. The topological polar surface area (TPSA) is 86.7 Å². The van der Waals surface area contributed by atoms with Crippen molar-refractivity contribution in [2.75, 3.05) is 5.32 Å². The Labute approximate surface area is 104 Å². The molecule has 0 atom stereocenters. The molecule has 0 unspecified atom stereocenters. The number of hydrogen-bond donors (Lipinski definition) is 3. The summed E-state index contributed by atoms with van der Waals surface area (Å²) < 4.78 is 0. The van der Waals surface area contributed by atoms with Gasteiger partial charge in [0, 0.05) is 23.9 Å². The summed E-state index contributed by atoms with van der Waals surface area (Å²) in [5, 5.41) is 19.3. The van der Waals surface area contributed by atoms with Crippen LogP contribution >= 0.6 is 0 Å². The first-order valence-corrected chi connectivity index (χ1v) is 6.10. The van der Waals surface area contributed by atoms with E-state index in [2.05, 4.69) is 25.5 Å². The van der Waals surface area contributed by atoms with Crippen molar-refractivity contribution in [3.8, 4) is 0 Å². The quantitative estimate of drug-likeness (QED) is 0.763. The zero-order valence-corrected chi connectivity index (χ0v) is 9.93. The normalized spacial score (nSPS) is 15.4. The highest BCUT2D eigenvalue weighted by Gasteiger charge is 2.21. The van der Waals surface area contributed by atoms with Crippen LogP contribution in [0.25, 0.3) is 0 Å². The summed E-state index contributed by atoms with van der Waals surface area (Å²) in [7, 11) is 0. The number of nitrogens with one attached hydrogen (secondary N) is 2. The van der Waals surface area contributed by atoms with Crippen molar-refractivity contribution >= 4 is 11.8 Å². The molecule has 18 heavy (non-hydrogen) atoms. The molecule has 0 spiro atoms. The smallest absolute Gasteiger partial charge is 0.228 e. The second kappa shape index (κ2) is 4.73. The van der Waals surface area contributed by atoms with Gasteiger partial charge in [0.05, 0.1) is 12.3 Å². The average molecular weight is 245 g/mol. The van der Waals surface area contributed by atoms with E-state index in [0.717, 1.165) is 0 Å². The van der Waals surface area contributed by atoms with Gasteiger partial charge in [0.2, 0.25) is 5.95 Å². The first-order chi connectivity index (χ1) is 8.85. The van der Waals surface area contributed by atoms with Crippen molar-refractivity contribution in [3.05, 3.63) is 29.7 Å². The Morgan fingerprint density at radius 3 is 3.06 bits per heavy atom. The molecule has 2 aromatic rings. The number of nitrogens with zero attached hydrogens (tertiary/aromatic N) is 3. The van der Waals surface area contributed by atoms with Crippen molar-refractivity contribution in [2.24, 2.45) is 0 Å². The minimum Gasteiger partial charge on any atom is -0.390 e. The van der Waals surface area contributed by atoms with Crippen LogP contribution in [0.1, 0.15) is 36.6 Å². The van der Waals surface area contributed by atoms with Crippen LogP contribution in [0.4, 0.5) is 11.8 Å². The van der Waals surface area contributed by atoms with E-state index in [1.165, 1.54) is 25.0 Å². The van der Waals surface area contributed by atoms with E-state index in [0.29, 0.717) is 23.4 Å². The second-order valence-corrected chi connectivity index (χ2v) is 4.49. The van der Waals surface area contributed by atoms with Gasteiger partial charge in [-0.15, -0.1) is 0 Å². The van der Waals surface area contributed by atoms with E-state index >= 15 is 0 Å². The fourth-order valence-electron chi connectivity index (χ4n) is 1.99. The monoisotopic (exact) mass is 245 g/mol. The van der Waals surface area contributed by atoms with Gasteiger partial charge in [0.25, 0.3) is 0 Å². The molecule has 2 aromatic heterocycles. The molecule has 3 rings (SSSR count). The maximum absolute atomic E-state index is 9.00. The first kappa shape index (κ1) is 11.2. The summed E-state index contributed by atoms with van der Waals surface area (Å²) in [5.74, 6) is 1.79. The standard InChI is InChI=1S/C12H15N5O/c18-7-9-4-5-13-12(14-9)15-11-6-10(16-17-11)8-2-1-3-8/h4-6,8,18H,1-3,7H2,(H2,13,14,15,16,17). The molecule has 1 aliphatic carbocycles. The number of rotatable bonds is 4. The van der Waals surface area contributed by atoms with Gasteiger partial charge in [-0.1, -0.05) is 6.42 Å². The van der Waals surface area contributed by atoms with Crippen LogP contribution in [-0.4, -0.2) is 25.3 Å². The van der Waals surface area contributed by atoms with Crippen LogP contribution in [0.15, 0.2) is 18.3 Å². The lowest BCUT2D eigenvalue weighted by atomic mass is 9.83. The zero-order chi connectivity index (χ0) is 12.4. The highest BCUT2D eigenvalue weighted by atomic mass is 16.3. The van der Waals surface area contributed by atoms with Crippen LogP contribution in [0.3, 0.4) is 0 Å². The van der Waals surface area contributed by atoms with Crippen LogP contribution in [0, 0.1) is 0 Å². The number of anilines is 2. The minimum absolute atomic E-state index is 0.0922. The van der Waals surface area contributed by atoms with E-state index in [1.807, 2.05) is 6.07 Å². The Hall–Kier alpha value is -1.95. The Bertz CT molecular complexity index is 535. The van der Waals surface area contributed by atoms with Gasteiger partial charge in [0.1, 0.15) is 0 Å². The van der Waals surface area contributed by atoms with Gasteiger partial charge in [-0.05, 0) is 18.9 Å². The summed E-state index contributed by atoms with van der Waals surface area (Å²) in [6.07, 6.45) is 5.38. The van der Waals surface area contributed by atoms with E-state index in [1.54, 1.807) is 12.3 Å². The summed E-state index contributed by atoms with van der Waals surface area (Å²) >= 11 is 0. The van der Waals surface area contributed by atoms with Gasteiger partial charge in [-0.3, -0.25) is 5.10 Å². The lowest BCUT2D eigenvalue weighted by Crippen LogP contribution is -2.08. The summed E-state index contributed by atoms with van der Waals surface area (Å²) in [6.45, 7) is -0.0922. The minimum atomic E-state index is -0.0922. The number of aliphatic hydroxyl groups excluding tert-OH is 1. The van der Waals surface area contributed by atoms with Crippen molar-refractivity contribution in [2.45, 2.75) is 31.8 Å². The molecule has 0 aliphatic heterocycles. The van der Waals surface area contributed by atoms with Crippen molar-refractivity contribution in [3.63, 3.8) is 0 Å². The van der Waals surface area contributed by atoms with Gasteiger partial charge in [-0.25, -0.2) is 9.97 Å². The molecule has 1 fully saturated rings. The highest BCUT2D eigenvalue weighted by Crippen LogP contribution is 2.35. The van der Waals surface area contributed by atoms with Crippen LogP contribution in [0.5, 0.6) is 0 Å². The summed E-state index contributed by atoms with van der Waals surface area (Å²) in [4.78, 5) is 8.23. The SMILES string of the molecule is OCc1ccnc(Nc2cc(C3CCC3)[nH]n2)n1. The molecular weight excluding hydrogens is 230 g/mol. The van der Waals surface area contributed by atoms with Crippen molar-refractivity contribution < 1.29 is 5.11 Å². The van der Waals surface area contributed by atoms with Gasteiger partial charge in [-0.2, -0.15) is 5.10 Å². The Morgan fingerprint density at radius 2 is 2.33 bits per heavy atom. The maximum atomic E-state index is 9.00. The number of H-pyrrole nitrogens is 1. The molecular formula is C12H15N5O. The molecule has 0 saturated heterocycles.